The van der Waals surface area contributed by atoms with Crippen molar-refractivity contribution in [3.05, 3.63) is 76.6 Å². The predicted molar refractivity (Wildman–Crippen MR) is 107 cm³/mol. The van der Waals surface area contributed by atoms with E-state index in [0.717, 1.165) is 12.1 Å². The van der Waals surface area contributed by atoms with Gasteiger partial charge in [-0.25, -0.2) is 4.79 Å². The Balaban J connectivity index is 1.51. The lowest BCUT2D eigenvalue weighted by atomic mass is 10.1. The molecule has 0 N–H and O–H groups in total. The molecule has 1 aliphatic heterocycles. The van der Waals surface area contributed by atoms with Crippen LogP contribution in [0.3, 0.4) is 0 Å². The van der Waals surface area contributed by atoms with Gasteiger partial charge in [0.1, 0.15) is 0 Å². The van der Waals surface area contributed by atoms with Crippen LogP contribution in [0.5, 0.6) is 11.5 Å². The van der Waals surface area contributed by atoms with Crippen molar-refractivity contribution in [1.29, 1.82) is 0 Å². The van der Waals surface area contributed by atoms with Gasteiger partial charge in [-0.3, -0.25) is 4.79 Å². The Kier molecular flexibility index (Phi) is 5.41. The molecule has 2 aromatic carbocycles. The van der Waals surface area contributed by atoms with E-state index in [1.165, 1.54) is 24.3 Å². The van der Waals surface area contributed by atoms with Crippen molar-refractivity contribution in [2.45, 2.75) is 20.0 Å². The second-order valence-electron chi connectivity index (χ2n) is 7.24. The first kappa shape index (κ1) is 21.5. The number of ketones is 1. The molecule has 0 amide bonds. The minimum absolute atomic E-state index is 0.0633. The molecule has 2 heterocycles. The van der Waals surface area contributed by atoms with Gasteiger partial charge in [-0.15, -0.1) is 0 Å². The second kappa shape index (κ2) is 8.07. The zero-order valence-electron chi connectivity index (χ0n) is 17.2. The lowest BCUT2D eigenvalue weighted by Crippen LogP contribution is -2.15. The number of hydrogen-bond donors (Lipinski definition) is 0. The van der Waals surface area contributed by atoms with Gasteiger partial charge >= 0.3 is 12.1 Å². The summed E-state index contributed by atoms with van der Waals surface area (Å²) < 4.78 is 56.3. The summed E-state index contributed by atoms with van der Waals surface area (Å²) in [6.45, 7) is 2.86. The van der Waals surface area contributed by atoms with Crippen molar-refractivity contribution in [2.75, 3.05) is 13.4 Å². The number of rotatable bonds is 5. The van der Waals surface area contributed by atoms with Crippen LogP contribution in [-0.2, 0) is 10.9 Å². The van der Waals surface area contributed by atoms with Crippen LogP contribution in [0.2, 0.25) is 0 Å². The third-order valence-corrected chi connectivity index (χ3v) is 5.11. The minimum Gasteiger partial charge on any atom is -0.454 e. The maximum atomic E-state index is 13.1. The standard InChI is InChI=1S/C23H18F3NO5/c1-13-8-18(14(2)27(13)17-5-3-4-16(10-17)23(24,25)26)19(28)11-30-22(29)15-6-7-20-21(9-15)32-12-31-20/h3-10H,11-12H2,1-2H3. The van der Waals surface area contributed by atoms with Gasteiger partial charge < -0.3 is 18.8 Å². The number of hydrogen-bond acceptors (Lipinski definition) is 5. The highest BCUT2D eigenvalue weighted by Crippen LogP contribution is 2.33. The highest BCUT2D eigenvalue weighted by molar-refractivity contribution is 6.00. The number of esters is 1. The monoisotopic (exact) mass is 445 g/mol. The Morgan fingerprint density at radius 3 is 2.53 bits per heavy atom. The van der Waals surface area contributed by atoms with Crippen LogP contribution in [0.25, 0.3) is 5.69 Å². The molecule has 0 spiro atoms. The van der Waals surface area contributed by atoms with Crippen LogP contribution in [0.4, 0.5) is 13.2 Å². The topological polar surface area (TPSA) is 66.8 Å². The number of benzene rings is 2. The number of ether oxygens (including phenoxy) is 3. The Morgan fingerprint density at radius 2 is 1.78 bits per heavy atom. The molecule has 0 saturated heterocycles. The second-order valence-corrected chi connectivity index (χ2v) is 7.24. The maximum Gasteiger partial charge on any atom is 0.416 e. The number of carbonyl (C=O) groups excluding carboxylic acids is 2. The van der Waals surface area contributed by atoms with Crippen molar-refractivity contribution in [3.63, 3.8) is 0 Å². The van der Waals surface area contributed by atoms with Gasteiger partial charge in [0.25, 0.3) is 0 Å². The highest BCUT2D eigenvalue weighted by atomic mass is 19.4. The molecule has 1 aromatic heterocycles. The molecule has 0 fully saturated rings. The van der Waals surface area contributed by atoms with Crippen LogP contribution >= 0.6 is 0 Å². The first-order valence-corrected chi connectivity index (χ1v) is 9.61. The smallest absolute Gasteiger partial charge is 0.416 e. The molecule has 0 radical (unpaired) electrons. The highest BCUT2D eigenvalue weighted by Gasteiger charge is 2.31. The number of aromatic nitrogens is 1. The predicted octanol–water partition coefficient (Wildman–Crippen LogP) is 4.88. The molecular formula is C23H18F3NO5. The zero-order chi connectivity index (χ0) is 23.0. The third kappa shape index (κ3) is 4.05. The van der Waals surface area contributed by atoms with Gasteiger partial charge in [-0.05, 0) is 56.3 Å². The van der Waals surface area contributed by atoms with Crippen molar-refractivity contribution in [2.24, 2.45) is 0 Å². The molecule has 6 nitrogen and oxygen atoms in total. The number of Topliss-reactive ketones (excluding diaryl/α,β-unsaturated/α-hetero) is 1. The third-order valence-electron chi connectivity index (χ3n) is 5.11. The largest absolute Gasteiger partial charge is 0.454 e. The molecule has 3 aromatic rings. The van der Waals surface area contributed by atoms with Gasteiger partial charge in [0, 0.05) is 22.6 Å². The molecule has 166 valence electrons. The summed E-state index contributed by atoms with van der Waals surface area (Å²) in [5.74, 6) is -0.246. The van der Waals surface area contributed by atoms with E-state index in [2.05, 4.69) is 0 Å². The lowest BCUT2D eigenvalue weighted by molar-refractivity contribution is -0.137. The fourth-order valence-corrected chi connectivity index (χ4v) is 3.58. The number of carbonyl (C=O) groups is 2. The minimum atomic E-state index is -4.48. The SMILES string of the molecule is Cc1cc(C(=O)COC(=O)c2ccc3c(c2)OCO3)c(C)n1-c1cccc(C(F)(F)F)c1. The fourth-order valence-electron chi connectivity index (χ4n) is 3.58. The van der Waals surface area contributed by atoms with Gasteiger partial charge in [0.15, 0.2) is 18.1 Å². The Labute approximate surface area is 181 Å². The first-order chi connectivity index (χ1) is 15.1. The average Bonchev–Trinajstić information content (AvgIpc) is 3.34. The summed E-state index contributed by atoms with van der Waals surface area (Å²) >= 11 is 0. The van der Waals surface area contributed by atoms with Gasteiger partial charge in [-0.2, -0.15) is 13.2 Å². The summed E-state index contributed by atoms with van der Waals surface area (Å²) in [5.41, 5.74) is 0.993. The summed E-state index contributed by atoms with van der Waals surface area (Å²) in [6, 6.07) is 11.0. The Morgan fingerprint density at radius 1 is 1.03 bits per heavy atom. The molecule has 0 aliphatic carbocycles. The van der Waals surface area contributed by atoms with E-state index in [1.54, 1.807) is 30.5 Å². The normalized spacial score (nSPS) is 12.7. The Bertz CT molecular complexity index is 1210. The molecule has 0 unspecified atom stereocenters. The van der Waals surface area contributed by atoms with Crippen molar-refractivity contribution < 1.29 is 37.0 Å². The van der Waals surface area contributed by atoms with Crippen LogP contribution in [-0.4, -0.2) is 29.7 Å². The summed E-state index contributed by atoms with van der Waals surface area (Å²) in [7, 11) is 0. The van der Waals surface area contributed by atoms with E-state index in [1.807, 2.05) is 0 Å². The van der Waals surface area contributed by atoms with Crippen molar-refractivity contribution >= 4 is 11.8 Å². The molecule has 0 saturated carbocycles. The van der Waals surface area contributed by atoms with E-state index in [4.69, 9.17) is 14.2 Å². The molecule has 32 heavy (non-hydrogen) atoms. The molecule has 1 aliphatic rings. The number of halogens is 3. The fraction of sp³-hybridized carbons (Fsp3) is 0.217. The van der Waals surface area contributed by atoms with Crippen LogP contribution < -0.4 is 9.47 Å². The lowest BCUT2D eigenvalue weighted by Gasteiger charge is -2.13. The van der Waals surface area contributed by atoms with Crippen LogP contribution in [0, 0.1) is 13.8 Å². The van der Waals surface area contributed by atoms with Gasteiger partial charge in [0.2, 0.25) is 12.6 Å². The molecule has 0 atom stereocenters. The first-order valence-electron chi connectivity index (χ1n) is 9.61. The number of fused-ring (bicyclic) bond motifs is 1. The molecule has 9 heteroatoms. The number of aryl methyl sites for hydroxylation is 1. The van der Waals surface area contributed by atoms with Crippen molar-refractivity contribution in [1.82, 2.24) is 4.57 Å². The molecule has 0 bridgehead atoms. The molecular weight excluding hydrogens is 427 g/mol. The van der Waals surface area contributed by atoms with E-state index in [9.17, 15) is 22.8 Å². The van der Waals surface area contributed by atoms with Gasteiger partial charge in [-0.1, -0.05) is 6.07 Å². The Hall–Kier alpha value is -3.75. The quantitative estimate of drug-likeness (QED) is 0.414. The maximum absolute atomic E-state index is 13.1. The van der Waals surface area contributed by atoms with E-state index in [0.29, 0.717) is 22.9 Å². The van der Waals surface area contributed by atoms with E-state index in [-0.39, 0.29) is 23.6 Å². The summed E-state index contributed by atoms with van der Waals surface area (Å²) in [6.07, 6.45) is -4.48. The van der Waals surface area contributed by atoms with Crippen molar-refractivity contribution in [3.8, 4) is 17.2 Å². The van der Waals surface area contributed by atoms with Gasteiger partial charge in [0.05, 0.1) is 11.1 Å². The zero-order valence-corrected chi connectivity index (χ0v) is 17.2. The van der Waals surface area contributed by atoms with E-state index < -0.39 is 30.1 Å². The van der Waals surface area contributed by atoms with Crippen LogP contribution in [0.15, 0.2) is 48.5 Å². The molecule has 4 rings (SSSR count). The van der Waals surface area contributed by atoms with E-state index >= 15 is 0 Å². The number of alkyl halides is 3. The summed E-state index contributed by atoms with van der Waals surface area (Å²) in [4.78, 5) is 25.0. The number of nitrogens with zero attached hydrogens (tertiary/aromatic N) is 1. The summed E-state index contributed by atoms with van der Waals surface area (Å²) in [5, 5.41) is 0. The average molecular weight is 445 g/mol. The van der Waals surface area contributed by atoms with Crippen LogP contribution in [0.1, 0.15) is 37.7 Å².